The van der Waals surface area contributed by atoms with Gasteiger partial charge >= 0.3 is 0 Å². The number of nitrogens with one attached hydrogen (secondary N) is 2. The highest BCUT2D eigenvalue weighted by Gasteiger charge is 2.40. The van der Waals surface area contributed by atoms with Gasteiger partial charge in [-0.05, 0) is 68.0 Å². The Balaban J connectivity index is 1.52. The van der Waals surface area contributed by atoms with Crippen molar-refractivity contribution in [1.29, 1.82) is 0 Å². The molecule has 1 aliphatic carbocycles. The van der Waals surface area contributed by atoms with Crippen LogP contribution < -0.4 is 10.6 Å². The molecule has 3 unspecified atom stereocenters. The number of aliphatic imine (C=N–C) groups is 1. The second-order valence-corrected chi connectivity index (χ2v) is 11.4. The van der Waals surface area contributed by atoms with E-state index in [9.17, 15) is 0 Å². The van der Waals surface area contributed by atoms with Crippen LogP contribution in [0.15, 0.2) is 28.3 Å². The second kappa shape index (κ2) is 11.4. The highest BCUT2D eigenvalue weighted by Crippen LogP contribution is 2.44. The largest absolute Gasteiger partial charge is 0.307 e. The van der Waals surface area contributed by atoms with Crippen molar-refractivity contribution in [1.82, 2.24) is 15.5 Å². The molecule has 1 saturated heterocycles. The molecule has 0 saturated carbocycles. The maximum Gasteiger partial charge on any atom is 0.118 e. The fraction of sp³-hybridized carbons (Fsp3) is 0.808. The Bertz CT molecular complexity index is 666. The zero-order valence-electron chi connectivity index (χ0n) is 20.5. The minimum absolute atomic E-state index is 0.150. The van der Waals surface area contributed by atoms with Gasteiger partial charge in [0.15, 0.2) is 0 Å². The first kappa shape index (κ1) is 25.0. The summed E-state index contributed by atoms with van der Waals surface area (Å²) in [5.41, 5.74) is 1.63. The van der Waals surface area contributed by atoms with Crippen LogP contribution in [0.1, 0.15) is 66.7 Å². The number of dihydropyridines is 1. The number of hydrogen-bond acceptors (Lipinski definition) is 4. The second-order valence-electron chi connectivity index (χ2n) is 10.9. The predicted molar refractivity (Wildman–Crippen MR) is 135 cm³/mol. The minimum atomic E-state index is 0.150. The van der Waals surface area contributed by atoms with Crippen LogP contribution in [0.5, 0.6) is 0 Å². The molecule has 0 aromatic carbocycles. The molecular weight excluding hydrogens is 404 g/mol. The minimum Gasteiger partial charge on any atom is -0.307 e. The van der Waals surface area contributed by atoms with E-state index in [0.717, 1.165) is 49.3 Å². The first-order valence-electron chi connectivity index (χ1n) is 12.5. The fourth-order valence-corrected chi connectivity index (χ4v) is 6.00. The number of hydrogen-bond donors (Lipinski definition) is 2. The summed E-state index contributed by atoms with van der Waals surface area (Å²) < 4.78 is 0. The van der Waals surface area contributed by atoms with Crippen molar-refractivity contribution < 1.29 is 0 Å². The zero-order chi connectivity index (χ0) is 22.4. The van der Waals surface area contributed by atoms with Crippen molar-refractivity contribution in [2.75, 3.05) is 32.7 Å². The smallest absolute Gasteiger partial charge is 0.118 e. The molecule has 31 heavy (non-hydrogen) atoms. The summed E-state index contributed by atoms with van der Waals surface area (Å²) in [5, 5.41) is 8.34. The van der Waals surface area contributed by atoms with Crippen LogP contribution >= 0.6 is 11.6 Å². The third-order valence-electron chi connectivity index (χ3n) is 7.59. The normalized spacial score (nSPS) is 30.2. The molecular formula is C26H45ClN4. The predicted octanol–water partition coefficient (Wildman–Crippen LogP) is 5.21. The molecule has 3 rings (SSSR count). The maximum absolute atomic E-state index is 6.24. The van der Waals surface area contributed by atoms with E-state index in [-0.39, 0.29) is 6.17 Å². The summed E-state index contributed by atoms with van der Waals surface area (Å²) in [6, 6.07) is 0.495. The Morgan fingerprint density at radius 2 is 2.10 bits per heavy atom. The molecule has 2 heterocycles. The summed E-state index contributed by atoms with van der Waals surface area (Å²) in [6.07, 6.45) is 12.7. The van der Waals surface area contributed by atoms with Crippen molar-refractivity contribution in [2.45, 2.75) is 78.9 Å². The summed E-state index contributed by atoms with van der Waals surface area (Å²) in [7, 11) is 0. The standard InChI is InChI=1S/C26H45ClN4/c1-6-28-25-9-7-8-22(30-25)16-29-24(19(2)3)17-31-15-14-23(26(4,5)18-31)20-10-12-21(27)13-11-20/h7,9,12,19-20,23-25,28-29H,6,8,10-11,13-18H2,1-5H3/t20?,23?,24-,25?/m0/s1. The topological polar surface area (TPSA) is 39.7 Å². The number of halogens is 1. The summed E-state index contributed by atoms with van der Waals surface area (Å²) in [6.45, 7) is 17.2. The highest BCUT2D eigenvalue weighted by molar-refractivity contribution is 6.29. The van der Waals surface area contributed by atoms with Crippen LogP contribution in [0.3, 0.4) is 0 Å². The average molecular weight is 449 g/mol. The van der Waals surface area contributed by atoms with Gasteiger partial charge in [-0.25, -0.2) is 0 Å². The number of likely N-dealkylation sites (tertiary alicyclic amines) is 1. The van der Waals surface area contributed by atoms with Gasteiger partial charge in [0.25, 0.3) is 0 Å². The van der Waals surface area contributed by atoms with Crippen molar-refractivity contribution in [2.24, 2.45) is 28.2 Å². The quantitative estimate of drug-likeness (QED) is 0.475. The number of piperidine rings is 1. The van der Waals surface area contributed by atoms with Crippen LogP contribution in [-0.2, 0) is 0 Å². The Morgan fingerprint density at radius 1 is 1.29 bits per heavy atom. The molecule has 176 valence electrons. The Labute approximate surface area is 196 Å². The van der Waals surface area contributed by atoms with Crippen LogP contribution in [0.2, 0.25) is 0 Å². The van der Waals surface area contributed by atoms with Crippen LogP contribution in [-0.4, -0.2) is 55.5 Å². The zero-order valence-corrected chi connectivity index (χ0v) is 21.2. The van der Waals surface area contributed by atoms with E-state index < -0.39 is 0 Å². The Morgan fingerprint density at radius 3 is 2.74 bits per heavy atom. The number of rotatable bonds is 9. The van der Waals surface area contributed by atoms with E-state index in [0.29, 0.717) is 17.4 Å². The molecule has 2 N–H and O–H groups in total. The number of likely N-dealkylation sites (N-methyl/N-ethyl adjacent to an activating group) is 1. The van der Waals surface area contributed by atoms with Gasteiger partial charge in [-0.2, -0.15) is 0 Å². The molecule has 0 bridgehead atoms. The molecule has 0 amide bonds. The van der Waals surface area contributed by atoms with E-state index in [4.69, 9.17) is 16.6 Å². The average Bonchev–Trinajstić information content (AvgIpc) is 2.72. The van der Waals surface area contributed by atoms with Gasteiger partial charge in [0.2, 0.25) is 0 Å². The lowest BCUT2D eigenvalue weighted by molar-refractivity contribution is 0.0121. The van der Waals surface area contributed by atoms with E-state index in [1.54, 1.807) is 0 Å². The molecule has 2 aliphatic heterocycles. The van der Waals surface area contributed by atoms with Gasteiger partial charge in [-0.3, -0.25) is 10.3 Å². The molecule has 4 atom stereocenters. The van der Waals surface area contributed by atoms with Crippen molar-refractivity contribution in [3.63, 3.8) is 0 Å². The summed E-state index contributed by atoms with van der Waals surface area (Å²) in [4.78, 5) is 7.58. The van der Waals surface area contributed by atoms with Gasteiger partial charge in [-0.15, -0.1) is 0 Å². The summed E-state index contributed by atoms with van der Waals surface area (Å²) in [5.74, 6) is 2.22. The van der Waals surface area contributed by atoms with Gasteiger partial charge < -0.3 is 10.2 Å². The third-order valence-corrected chi connectivity index (χ3v) is 7.93. The van der Waals surface area contributed by atoms with Crippen LogP contribution in [0.4, 0.5) is 0 Å². The summed E-state index contributed by atoms with van der Waals surface area (Å²) >= 11 is 6.24. The number of allylic oxidation sites excluding steroid dienone is 3. The van der Waals surface area contributed by atoms with Gasteiger partial charge in [0.05, 0.1) is 0 Å². The molecule has 0 spiro atoms. The Hall–Kier alpha value is -0.680. The van der Waals surface area contributed by atoms with Gasteiger partial charge in [0.1, 0.15) is 6.17 Å². The Kier molecular flexibility index (Phi) is 9.22. The van der Waals surface area contributed by atoms with E-state index in [1.165, 1.54) is 38.1 Å². The van der Waals surface area contributed by atoms with Gasteiger partial charge in [0, 0.05) is 42.8 Å². The molecule has 0 radical (unpaired) electrons. The molecule has 1 fully saturated rings. The van der Waals surface area contributed by atoms with Crippen molar-refractivity contribution >= 4 is 17.3 Å². The molecule has 0 aromatic rings. The third kappa shape index (κ3) is 7.15. The highest BCUT2D eigenvalue weighted by atomic mass is 35.5. The molecule has 0 aromatic heterocycles. The van der Waals surface area contributed by atoms with E-state index in [1.807, 2.05) is 0 Å². The lowest BCUT2D eigenvalue weighted by Gasteiger charge is -2.49. The van der Waals surface area contributed by atoms with Crippen molar-refractivity contribution in [3.05, 3.63) is 23.3 Å². The lowest BCUT2D eigenvalue weighted by Crippen LogP contribution is -2.53. The lowest BCUT2D eigenvalue weighted by atomic mass is 9.65. The molecule has 5 heteroatoms. The molecule has 3 aliphatic rings. The van der Waals surface area contributed by atoms with E-state index in [2.05, 4.69) is 68.4 Å². The van der Waals surface area contributed by atoms with Gasteiger partial charge in [-0.1, -0.05) is 58.4 Å². The first-order chi connectivity index (χ1) is 14.8. The monoisotopic (exact) mass is 448 g/mol. The van der Waals surface area contributed by atoms with Crippen molar-refractivity contribution in [3.8, 4) is 0 Å². The molecule has 4 nitrogen and oxygen atoms in total. The van der Waals surface area contributed by atoms with Crippen LogP contribution in [0, 0.1) is 23.2 Å². The number of nitrogens with zero attached hydrogens (tertiary/aromatic N) is 2. The fourth-order valence-electron chi connectivity index (χ4n) is 5.81. The van der Waals surface area contributed by atoms with Crippen LogP contribution in [0.25, 0.3) is 0 Å². The SMILES string of the molecule is CCNC1C=CCC(CN[C@@H](CN2CCC(C3CC=C(Cl)CC3)C(C)(C)C2)C(C)C)=N1. The van der Waals surface area contributed by atoms with E-state index >= 15 is 0 Å². The maximum atomic E-state index is 6.24. The first-order valence-corrected chi connectivity index (χ1v) is 12.9.